The number of anilines is 1. The Morgan fingerprint density at radius 2 is 1.72 bits per heavy atom. The molecule has 10 heteroatoms. The van der Waals surface area contributed by atoms with Crippen molar-refractivity contribution in [1.29, 1.82) is 0 Å². The van der Waals surface area contributed by atoms with E-state index >= 15 is 0 Å². The minimum Gasteiger partial charge on any atom is -0.545 e. The lowest BCUT2D eigenvalue weighted by molar-refractivity contribution is -0.255. The molecule has 216 valence electrons. The van der Waals surface area contributed by atoms with Gasteiger partial charge in [0.1, 0.15) is 5.75 Å². The lowest BCUT2D eigenvalue weighted by Gasteiger charge is -2.16. The number of carboxylic acid groups (broad SMARTS) is 1. The van der Waals surface area contributed by atoms with Gasteiger partial charge in [0, 0.05) is 5.69 Å². The van der Waals surface area contributed by atoms with Crippen molar-refractivity contribution in [3.8, 4) is 5.75 Å². The van der Waals surface area contributed by atoms with Crippen molar-refractivity contribution in [2.24, 2.45) is 4.99 Å². The minimum atomic E-state index is -1.26. The zero-order chi connectivity index (χ0) is 30.3. The van der Waals surface area contributed by atoms with Crippen molar-refractivity contribution >= 4 is 68.1 Å². The number of aryl methyl sites for hydroxylation is 1. The second-order valence-corrected chi connectivity index (χ2v) is 11.5. The highest BCUT2D eigenvalue weighted by atomic mass is 79.9. The molecule has 1 N–H and O–H groups in total. The van der Waals surface area contributed by atoms with E-state index in [1.807, 2.05) is 67.6 Å². The van der Waals surface area contributed by atoms with Crippen LogP contribution in [0.5, 0.6) is 5.75 Å². The molecule has 1 aliphatic heterocycles. The fourth-order valence-corrected chi connectivity index (χ4v) is 5.63. The number of carbonyl (C=O) groups excluding carboxylic acids is 3. The molecule has 0 bridgehead atoms. The van der Waals surface area contributed by atoms with E-state index < -0.39 is 5.97 Å². The third-order valence-corrected chi connectivity index (χ3v) is 7.97. The van der Waals surface area contributed by atoms with E-state index in [0.717, 1.165) is 16.7 Å². The number of hydrogen-bond acceptors (Lipinski definition) is 7. The second kappa shape index (κ2) is 13.5. The van der Waals surface area contributed by atoms with Crippen LogP contribution in [0.3, 0.4) is 0 Å². The van der Waals surface area contributed by atoms with Gasteiger partial charge in [-0.25, -0.2) is 4.99 Å². The van der Waals surface area contributed by atoms with Gasteiger partial charge < -0.3 is 20.0 Å². The molecule has 0 aliphatic carbocycles. The molecule has 1 aliphatic rings. The van der Waals surface area contributed by atoms with E-state index in [1.165, 1.54) is 23.9 Å². The maximum atomic E-state index is 13.6. The van der Waals surface area contributed by atoms with Crippen LogP contribution in [0.25, 0.3) is 6.08 Å². The van der Waals surface area contributed by atoms with Crippen molar-refractivity contribution in [2.75, 3.05) is 11.9 Å². The SMILES string of the molecule is Cc1ccc(NC(=O)COc2ccc(/C=C3\SC(=Nc4ccccc4)N(Cc4ccc(C(=O)[O-])cc4)C3=O)cc2Br)cc1. The Labute approximate surface area is 261 Å². The van der Waals surface area contributed by atoms with Gasteiger partial charge in [-0.2, -0.15) is 0 Å². The fourth-order valence-electron chi connectivity index (χ4n) is 4.13. The highest BCUT2D eigenvalue weighted by Crippen LogP contribution is 2.36. The molecule has 2 amide bonds. The molecule has 1 fully saturated rings. The molecule has 5 rings (SSSR count). The summed E-state index contributed by atoms with van der Waals surface area (Å²) in [6, 6.07) is 28.4. The number of amidine groups is 1. The number of halogens is 1. The van der Waals surface area contributed by atoms with Gasteiger partial charge in [0.15, 0.2) is 11.8 Å². The Morgan fingerprint density at radius 1 is 1.00 bits per heavy atom. The maximum Gasteiger partial charge on any atom is 0.267 e. The zero-order valence-corrected chi connectivity index (χ0v) is 25.4. The number of nitrogens with one attached hydrogen (secondary N) is 1. The number of benzene rings is 4. The van der Waals surface area contributed by atoms with Gasteiger partial charge in [-0.1, -0.05) is 66.2 Å². The highest BCUT2D eigenvalue weighted by Gasteiger charge is 2.33. The minimum absolute atomic E-state index is 0.0644. The van der Waals surface area contributed by atoms with E-state index in [4.69, 9.17) is 9.73 Å². The van der Waals surface area contributed by atoms with Crippen molar-refractivity contribution in [3.05, 3.63) is 129 Å². The summed E-state index contributed by atoms with van der Waals surface area (Å²) in [5, 5.41) is 14.4. The number of hydrogen-bond donors (Lipinski definition) is 1. The summed E-state index contributed by atoms with van der Waals surface area (Å²) in [4.78, 5) is 43.8. The third kappa shape index (κ3) is 7.79. The molecule has 0 aromatic heterocycles. The van der Waals surface area contributed by atoms with Crippen LogP contribution in [0, 0.1) is 6.92 Å². The average Bonchev–Trinajstić information content (AvgIpc) is 3.27. The number of aromatic carboxylic acids is 1. The Bertz CT molecular complexity index is 1720. The molecule has 0 saturated carbocycles. The smallest absolute Gasteiger partial charge is 0.267 e. The number of carbonyl (C=O) groups is 3. The van der Waals surface area contributed by atoms with Gasteiger partial charge >= 0.3 is 0 Å². The quantitative estimate of drug-likeness (QED) is 0.224. The molecular weight excluding hydrogens is 630 g/mol. The zero-order valence-electron chi connectivity index (χ0n) is 23.0. The Hall–Kier alpha value is -4.67. The molecule has 1 saturated heterocycles. The number of aliphatic imine (C=N–C) groups is 1. The predicted octanol–water partition coefficient (Wildman–Crippen LogP) is 5.94. The molecule has 4 aromatic rings. The van der Waals surface area contributed by atoms with Crippen LogP contribution in [0.4, 0.5) is 11.4 Å². The topological polar surface area (TPSA) is 111 Å². The summed E-state index contributed by atoms with van der Waals surface area (Å²) in [5.41, 5.74) is 4.05. The Balaban J connectivity index is 1.31. The van der Waals surface area contributed by atoms with Gasteiger partial charge in [0.2, 0.25) is 0 Å². The third-order valence-electron chi connectivity index (χ3n) is 6.35. The normalized spacial score (nSPS) is 14.7. The van der Waals surface area contributed by atoms with E-state index in [9.17, 15) is 19.5 Å². The monoisotopic (exact) mass is 654 g/mol. The molecule has 1 heterocycles. The molecule has 43 heavy (non-hydrogen) atoms. The maximum absolute atomic E-state index is 13.6. The molecule has 0 atom stereocenters. The number of nitrogens with zero attached hydrogens (tertiary/aromatic N) is 2. The number of ether oxygens (including phenoxy) is 1. The fraction of sp³-hybridized carbons (Fsp3) is 0.0909. The number of thioether (sulfide) groups is 1. The van der Waals surface area contributed by atoms with Crippen LogP contribution in [0.2, 0.25) is 0 Å². The molecule has 0 unspecified atom stereocenters. The number of amides is 2. The molecular formula is C33H25BrN3O5S-. The van der Waals surface area contributed by atoms with Crippen LogP contribution in [-0.4, -0.2) is 34.5 Å². The van der Waals surface area contributed by atoms with Gasteiger partial charge in [-0.05, 0) is 93.8 Å². The predicted molar refractivity (Wildman–Crippen MR) is 170 cm³/mol. The summed E-state index contributed by atoms with van der Waals surface area (Å²) in [6.45, 7) is 2.02. The number of carboxylic acids is 1. The summed E-state index contributed by atoms with van der Waals surface area (Å²) < 4.78 is 6.34. The van der Waals surface area contributed by atoms with Crippen LogP contribution >= 0.6 is 27.7 Å². The summed E-state index contributed by atoms with van der Waals surface area (Å²) in [6.07, 6.45) is 1.77. The van der Waals surface area contributed by atoms with E-state index in [2.05, 4.69) is 21.2 Å². The first kappa shape index (κ1) is 29.8. The molecule has 0 radical (unpaired) electrons. The van der Waals surface area contributed by atoms with Gasteiger partial charge in [-0.15, -0.1) is 0 Å². The van der Waals surface area contributed by atoms with Crippen molar-refractivity contribution in [1.82, 2.24) is 4.90 Å². The second-order valence-electron chi connectivity index (χ2n) is 9.61. The average molecular weight is 656 g/mol. The van der Waals surface area contributed by atoms with Crippen molar-refractivity contribution in [2.45, 2.75) is 13.5 Å². The standard InChI is InChI=1S/C33H26BrN3O5S/c1-21-7-14-26(15-8-21)35-30(38)20-42-28-16-11-23(17-27(28)34)18-29-31(39)37(19-22-9-12-24(13-10-22)32(40)41)33(43-29)36-25-5-3-2-4-6-25/h2-18H,19-20H2,1H3,(H,35,38)(H,40,41)/p-1/b29-18-,36-33?. The van der Waals surface area contributed by atoms with Crippen LogP contribution < -0.4 is 15.2 Å². The van der Waals surface area contributed by atoms with Crippen LogP contribution in [0.1, 0.15) is 27.0 Å². The lowest BCUT2D eigenvalue weighted by atomic mass is 10.1. The van der Waals surface area contributed by atoms with Crippen molar-refractivity contribution in [3.63, 3.8) is 0 Å². The molecule has 8 nitrogen and oxygen atoms in total. The van der Waals surface area contributed by atoms with Crippen LogP contribution in [-0.2, 0) is 16.1 Å². The Morgan fingerprint density at radius 3 is 2.40 bits per heavy atom. The first-order valence-corrected chi connectivity index (χ1v) is 14.8. The summed E-state index contributed by atoms with van der Waals surface area (Å²) in [7, 11) is 0. The van der Waals surface area contributed by atoms with E-state index in [0.29, 0.717) is 31.7 Å². The highest BCUT2D eigenvalue weighted by molar-refractivity contribution is 9.10. The summed E-state index contributed by atoms with van der Waals surface area (Å²) in [5.74, 6) is -1.29. The Kier molecular flexibility index (Phi) is 9.38. The van der Waals surface area contributed by atoms with E-state index in [-0.39, 0.29) is 30.5 Å². The van der Waals surface area contributed by atoms with E-state index in [1.54, 1.807) is 35.2 Å². The largest absolute Gasteiger partial charge is 0.545 e. The number of para-hydroxylation sites is 1. The molecule has 4 aromatic carbocycles. The number of rotatable bonds is 9. The molecule has 0 spiro atoms. The van der Waals surface area contributed by atoms with Gasteiger partial charge in [0.25, 0.3) is 11.8 Å². The van der Waals surface area contributed by atoms with Crippen molar-refractivity contribution < 1.29 is 24.2 Å². The lowest BCUT2D eigenvalue weighted by Crippen LogP contribution is -2.28. The summed E-state index contributed by atoms with van der Waals surface area (Å²) >= 11 is 4.76. The van der Waals surface area contributed by atoms with Gasteiger partial charge in [0.05, 0.1) is 27.6 Å². The van der Waals surface area contributed by atoms with Crippen LogP contribution in [0.15, 0.2) is 111 Å². The van der Waals surface area contributed by atoms with Gasteiger partial charge in [-0.3, -0.25) is 14.5 Å². The first-order chi connectivity index (χ1) is 20.7. The first-order valence-electron chi connectivity index (χ1n) is 13.2.